The van der Waals surface area contributed by atoms with Crippen LogP contribution in [0.15, 0.2) is 18.2 Å². The monoisotopic (exact) mass is 264 g/mol. The van der Waals surface area contributed by atoms with Crippen LogP contribution in [-0.2, 0) is 4.79 Å². The highest BCUT2D eigenvalue weighted by Crippen LogP contribution is 2.23. The zero-order valence-corrected chi connectivity index (χ0v) is 12.3. The van der Waals surface area contributed by atoms with E-state index >= 15 is 0 Å². The number of rotatable bonds is 5. The molecule has 1 rings (SSSR count). The standard InChI is InChI=1S/C15H20O2S/c1-11-9-14(17-4)10-12(2)15(11)7-5-6-8-18-13(3)16/h5,7,9-10H,6,8H2,1-4H3. The molecule has 0 spiro atoms. The molecule has 1 aromatic rings. The summed E-state index contributed by atoms with van der Waals surface area (Å²) in [7, 11) is 1.68. The molecule has 0 bridgehead atoms. The summed E-state index contributed by atoms with van der Waals surface area (Å²) in [5, 5.41) is 0.181. The van der Waals surface area contributed by atoms with Gasteiger partial charge < -0.3 is 4.74 Å². The average molecular weight is 264 g/mol. The molecular formula is C15H20O2S. The van der Waals surface area contributed by atoms with E-state index in [0.29, 0.717) is 0 Å². The van der Waals surface area contributed by atoms with Crippen molar-refractivity contribution >= 4 is 23.0 Å². The van der Waals surface area contributed by atoms with E-state index in [2.05, 4.69) is 26.0 Å². The number of hydrogen-bond donors (Lipinski definition) is 0. The molecule has 0 aliphatic rings. The van der Waals surface area contributed by atoms with Gasteiger partial charge in [-0.15, -0.1) is 0 Å². The van der Waals surface area contributed by atoms with Crippen molar-refractivity contribution in [1.82, 2.24) is 0 Å². The largest absolute Gasteiger partial charge is 0.497 e. The van der Waals surface area contributed by atoms with Crippen LogP contribution in [0, 0.1) is 13.8 Å². The van der Waals surface area contributed by atoms with Crippen molar-refractivity contribution in [2.75, 3.05) is 12.9 Å². The Kier molecular flexibility index (Phi) is 5.99. The maximum Gasteiger partial charge on any atom is 0.185 e. The van der Waals surface area contributed by atoms with Crippen LogP contribution in [0.1, 0.15) is 30.0 Å². The molecule has 2 nitrogen and oxygen atoms in total. The summed E-state index contributed by atoms with van der Waals surface area (Å²) in [6, 6.07) is 4.08. The second-order valence-corrected chi connectivity index (χ2v) is 5.48. The SMILES string of the molecule is COc1cc(C)c(C=CCCSC(C)=O)c(C)c1. The second kappa shape index (κ2) is 7.27. The number of allylic oxidation sites excluding steroid dienone is 1. The fourth-order valence-electron chi connectivity index (χ4n) is 1.79. The lowest BCUT2D eigenvalue weighted by molar-refractivity contribution is -0.109. The molecule has 0 saturated heterocycles. The average Bonchev–Trinajstić information content (AvgIpc) is 2.31. The predicted molar refractivity (Wildman–Crippen MR) is 79.3 cm³/mol. The van der Waals surface area contributed by atoms with Crippen LogP contribution in [0.3, 0.4) is 0 Å². The maximum absolute atomic E-state index is 10.8. The van der Waals surface area contributed by atoms with Crippen LogP contribution in [0.5, 0.6) is 5.75 Å². The molecule has 98 valence electrons. The van der Waals surface area contributed by atoms with E-state index in [4.69, 9.17) is 4.74 Å². The Balaban J connectivity index is 2.67. The van der Waals surface area contributed by atoms with Crippen molar-refractivity contribution in [1.29, 1.82) is 0 Å². The van der Waals surface area contributed by atoms with E-state index in [1.165, 1.54) is 28.5 Å². The van der Waals surface area contributed by atoms with Crippen LogP contribution in [0.25, 0.3) is 6.08 Å². The van der Waals surface area contributed by atoms with E-state index in [9.17, 15) is 4.79 Å². The quantitative estimate of drug-likeness (QED) is 0.752. The van der Waals surface area contributed by atoms with Crippen molar-refractivity contribution in [3.8, 4) is 5.75 Å². The summed E-state index contributed by atoms with van der Waals surface area (Å²) < 4.78 is 5.24. The topological polar surface area (TPSA) is 26.3 Å². The minimum Gasteiger partial charge on any atom is -0.497 e. The molecule has 1 aromatic carbocycles. The molecule has 0 atom stereocenters. The van der Waals surface area contributed by atoms with Crippen molar-refractivity contribution in [2.45, 2.75) is 27.2 Å². The Hall–Kier alpha value is -1.22. The molecule has 0 aliphatic carbocycles. The van der Waals surface area contributed by atoms with Gasteiger partial charge in [-0.1, -0.05) is 23.9 Å². The van der Waals surface area contributed by atoms with Gasteiger partial charge in [-0.25, -0.2) is 0 Å². The molecule has 0 amide bonds. The molecular weight excluding hydrogens is 244 g/mol. The molecule has 0 aliphatic heterocycles. The molecule has 3 heteroatoms. The smallest absolute Gasteiger partial charge is 0.185 e. The summed E-state index contributed by atoms with van der Waals surface area (Å²) in [5.74, 6) is 1.74. The van der Waals surface area contributed by atoms with Gasteiger partial charge in [0.25, 0.3) is 0 Å². The third kappa shape index (κ3) is 4.57. The van der Waals surface area contributed by atoms with E-state index in [1.54, 1.807) is 14.0 Å². The minimum absolute atomic E-state index is 0.181. The Morgan fingerprint density at radius 2 is 1.94 bits per heavy atom. The molecule has 0 radical (unpaired) electrons. The number of carbonyl (C=O) groups excluding carboxylic acids is 1. The Morgan fingerprint density at radius 3 is 2.44 bits per heavy atom. The summed E-state index contributed by atoms with van der Waals surface area (Å²) >= 11 is 1.37. The Labute approximate surface area is 113 Å². The van der Waals surface area contributed by atoms with Crippen molar-refractivity contribution in [3.05, 3.63) is 34.9 Å². The first kappa shape index (κ1) is 14.8. The van der Waals surface area contributed by atoms with Gasteiger partial charge in [-0.3, -0.25) is 4.79 Å². The summed E-state index contributed by atoms with van der Waals surface area (Å²) in [6.07, 6.45) is 5.16. The number of aryl methyl sites for hydroxylation is 2. The number of methoxy groups -OCH3 is 1. The first-order valence-electron chi connectivity index (χ1n) is 5.99. The summed E-state index contributed by atoms with van der Waals surface area (Å²) in [5.41, 5.74) is 3.66. The van der Waals surface area contributed by atoms with Crippen LogP contribution in [-0.4, -0.2) is 18.0 Å². The number of ether oxygens (including phenoxy) is 1. The molecule has 0 saturated carbocycles. The van der Waals surface area contributed by atoms with Crippen LogP contribution in [0.4, 0.5) is 0 Å². The van der Waals surface area contributed by atoms with Gasteiger partial charge in [0.1, 0.15) is 5.75 Å². The van der Waals surface area contributed by atoms with Gasteiger partial charge in [0.15, 0.2) is 5.12 Å². The van der Waals surface area contributed by atoms with Crippen LogP contribution < -0.4 is 4.74 Å². The third-order valence-electron chi connectivity index (χ3n) is 2.68. The predicted octanol–water partition coefficient (Wildman–Crippen LogP) is 4.00. The molecule has 0 unspecified atom stereocenters. The zero-order chi connectivity index (χ0) is 13.5. The lowest BCUT2D eigenvalue weighted by Crippen LogP contribution is -1.90. The van der Waals surface area contributed by atoms with Crippen molar-refractivity contribution in [3.63, 3.8) is 0 Å². The van der Waals surface area contributed by atoms with E-state index in [0.717, 1.165) is 17.9 Å². The number of thioether (sulfide) groups is 1. The fourth-order valence-corrected chi connectivity index (χ4v) is 2.33. The van der Waals surface area contributed by atoms with Crippen molar-refractivity contribution in [2.24, 2.45) is 0 Å². The Morgan fingerprint density at radius 1 is 1.33 bits per heavy atom. The molecule has 0 N–H and O–H groups in total. The number of hydrogen-bond acceptors (Lipinski definition) is 3. The molecule has 0 aromatic heterocycles. The normalized spacial score (nSPS) is 10.9. The first-order chi connectivity index (χ1) is 8.54. The van der Waals surface area contributed by atoms with Crippen LogP contribution >= 0.6 is 11.8 Å². The lowest BCUT2D eigenvalue weighted by atomic mass is 10.0. The maximum atomic E-state index is 10.8. The Bertz CT molecular complexity index is 427. The van der Waals surface area contributed by atoms with Crippen LogP contribution in [0.2, 0.25) is 0 Å². The van der Waals surface area contributed by atoms with Gasteiger partial charge in [0.05, 0.1) is 7.11 Å². The van der Waals surface area contributed by atoms with E-state index in [1.807, 2.05) is 12.1 Å². The third-order valence-corrected chi connectivity index (χ3v) is 3.52. The fraction of sp³-hybridized carbons (Fsp3) is 0.400. The van der Waals surface area contributed by atoms with Gasteiger partial charge in [0, 0.05) is 12.7 Å². The van der Waals surface area contributed by atoms with E-state index in [-0.39, 0.29) is 5.12 Å². The number of benzene rings is 1. The van der Waals surface area contributed by atoms with Gasteiger partial charge >= 0.3 is 0 Å². The summed E-state index contributed by atoms with van der Waals surface area (Å²) in [6.45, 7) is 5.77. The first-order valence-corrected chi connectivity index (χ1v) is 6.98. The second-order valence-electron chi connectivity index (χ2n) is 4.21. The van der Waals surface area contributed by atoms with E-state index < -0.39 is 0 Å². The van der Waals surface area contributed by atoms with Gasteiger partial charge in [-0.2, -0.15) is 0 Å². The highest BCUT2D eigenvalue weighted by atomic mass is 32.2. The zero-order valence-electron chi connectivity index (χ0n) is 11.4. The highest BCUT2D eigenvalue weighted by Gasteiger charge is 2.02. The highest BCUT2D eigenvalue weighted by molar-refractivity contribution is 8.13. The van der Waals surface area contributed by atoms with Crippen molar-refractivity contribution < 1.29 is 9.53 Å². The van der Waals surface area contributed by atoms with Gasteiger partial charge in [-0.05, 0) is 49.1 Å². The molecule has 18 heavy (non-hydrogen) atoms. The summed E-state index contributed by atoms with van der Waals surface area (Å²) in [4.78, 5) is 10.8. The van der Waals surface area contributed by atoms with Gasteiger partial charge in [0.2, 0.25) is 0 Å². The molecule has 0 fully saturated rings. The molecule has 0 heterocycles. The minimum atomic E-state index is 0.181. The number of carbonyl (C=O) groups is 1. The lowest BCUT2D eigenvalue weighted by Gasteiger charge is -2.08.